The van der Waals surface area contributed by atoms with Gasteiger partial charge in [-0.3, -0.25) is 9.59 Å². The summed E-state index contributed by atoms with van der Waals surface area (Å²) >= 11 is 0. The minimum Gasteiger partial charge on any atom is -0.368 e. The van der Waals surface area contributed by atoms with Gasteiger partial charge >= 0.3 is 6.18 Å². The van der Waals surface area contributed by atoms with Gasteiger partial charge in [-0.1, -0.05) is 24.3 Å². The number of halogens is 5. The minimum absolute atomic E-state index is 0.117. The Hall–Kier alpha value is -2.97. The number of nitrogens with two attached hydrogens (primary N) is 1. The smallest absolute Gasteiger partial charge is 0.368 e. The third kappa shape index (κ3) is 5.50. The number of alkyl halides is 3. The molecule has 0 unspecified atom stereocenters. The maximum absolute atomic E-state index is 13.6. The second kappa shape index (κ2) is 8.15. The Balaban J connectivity index is 2.12. The molecule has 3 N–H and O–H groups in total. The van der Waals surface area contributed by atoms with Crippen LogP contribution >= 0.6 is 0 Å². The van der Waals surface area contributed by atoms with Gasteiger partial charge in [-0.2, -0.15) is 13.2 Å². The highest BCUT2D eigenvalue weighted by Crippen LogP contribution is 2.29. The second-order valence-electron chi connectivity index (χ2n) is 5.80. The molecular formula is C18H15F5N2O2. The fourth-order valence-corrected chi connectivity index (χ4v) is 2.44. The van der Waals surface area contributed by atoms with E-state index in [1.807, 2.05) is 0 Å². The van der Waals surface area contributed by atoms with Crippen LogP contribution in [-0.4, -0.2) is 17.9 Å². The third-order valence-electron chi connectivity index (χ3n) is 3.77. The van der Waals surface area contributed by atoms with E-state index in [1.54, 1.807) is 0 Å². The lowest BCUT2D eigenvalue weighted by Gasteiger charge is -2.17. The first-order chi connectivity index (χ1) is 12.6. The molecule has 2 aromatic carbocycles. The summed E-state index contributed by atoms with van der Waals surface area (Å²) in [5.41, 5.74) is 3.90. The molecule has 0 aliphatic rings. The number of benzene rings is 2. The molecule has 2 aromatic rings. The normalized spacial score (nSPS) is 12.5. The standard InChI is InChI=1S/C18H15F5N2O2/c19-13-5-2-6-14(20)12(13)9-16(26)25-15(17(24)27)8-10-3-1-4-11(7-10)18(21,22)23/h1-7,15H,8-9H2,(H2,24,27)(H,25,26)/t15-/m1/s1. The van der Waals surface area contributed by atoms with Gasteiger partial charge in [0.15, 0.2) is 0 Å². The molecule has 27 heavy (non-hydrogen) atoms. The van der Waals surface area contributed by atoms with Gasteiger partial charge < -0.3 is 11.1 Å². The van der Waals surface area contributed by atoms with Gasteiger partial charge in [0.05, 0.1) is 12.0 Å². The van der Waals surface area contributed by atoms with Crippen molar-refractivity contribution in [2.45, 2.75) is 25.1 Å². The van der Waals surface area contributed by atoms with Crippen LogP contribution in [0.25, 0.3) is 0 Å². The molecule has 0 heterocycles. The Morgan fingerprint density at radius 3 is 2.19 bits per heavy atom. The molecule has 2 amide bonds. The van der Waals surface area contributed by atoms with E-state index < -0.39 is 53.2 Å². The van der Waals surface area contributed by atoms with Crippen molar-refractivity contribution >= 4 is 11.8 Å². The highest BCUT2D eigenvalue weighted by atomic mass is 19.4. The number of carbonyl (C=O) groups excluding carboxylic acids is 2. The zero-order valence-electron chi connectivity index (χ0n) is 13.8. The van der Waals surface area contributed by atoms with E-state index in [0.29, 0.717) is 0 Å². The van der Waals surface area contributed by atoms with Gasteiger partial charge in [-0.05, 0) is 23.8 Å². The number of hydrogen-bond acceptors (Lipinski definition) is 2. The first-order valence-corrected chi connectivity index (χ1v) is 7.75. The van der Waals surface area contributed by atoms with Crippen LogP contribution in [0.5, 0.6) is 0 Å². The predicted octanol–water partition coefficient (Wildman–Crippen LogP) is 2.74. The lowest BCUT2D eigenvalue weighted by molar-refractivity contribution is -0.137. The zero-order valence-corrected chi connectivity index (χ0v) is 13.8. The number of rotatable bonds is 6. The van der Waals surface area contributed by atoms with Crippen LogP contribution in [0.15, 0.2) is 42.5 Å². The molecule has 0 spiro atoms. The van der Waals surface area contributed by atoms with Crippen molar-refractivity contribution in [3.05, 3.63) is 70.8 Å². The summed E-state index contributed by atoms with van der Waals surface area (Å²) in [6, 6.07) is 5.93. The van der Waals surface area contributed by atoms with Crippen molar-refractivity contribution in [2.75, 3.05) is 0 Å². The van der Waals surface area contributed by atoms with Crippen LogP contribution in [0.2, 0.25) is 0 Å². The first-order valence-electron chi connectivity index (χ1n) is 7.75. The van der Waals surface area contributed by atoms with E-state index in [2.05, 4.69) is 5.32 Å². The van der Waals surface area contributed by atoms with E-state index >= 15 is 0 Å². The number of nitrogens with one attached hydrogen (secondary N) is 1. The summed E-state index contributed by atoms with van der Waals surface area (Å²) in [6.45, 7) is 0. The van der Waals surface area contributed by atoms with Crippen LogP contribution in [0.1, 0.15) is 16.7 Å². The molecule has 0 aliphatic carbocycles. The van der Waals surface area contributed by atoms with Crippen molar-refractivity contribution in [1.29, 1.82) is 0 Å². The summed E-state index contributed by atoms with van der Waals surface area (Å²) in [4.78, 5) is 23.6. The number of carbonyl (C=O) groups is 2. The van der Waals surface area contributed by atoms with Crippen LogP contribution in [0, 0.1) is 11.6 Å². The van der Waals surface area contributed by atoms with Gasteiger partial charge in [0.1, 0.15) is 17.7 Å². The highest BCUT2D eigenvalue weighted by Gasteiger charge is 2.30. The van der Waals surface area contributed by atoms with E-state index in [-0.39, 0.29) is 12.0 Å². The zero-order chi connectivity index (χ0) is 20.2. The summed E-state index contributed by atoms with van der Waals surface area (Å²) in [5, 5.41) is 2.20. The Morgan fingerprint density at radius 1 is 1.04 bits per heavy atom. The molecule has 0 saturated heterocycles. The van der Waals surface area contributed by atoms with Gasteiger partial charge in [-0.25, -0.2) is 8.78 Å². The molecular weight excluding hydrogens is 371 g/mol. The van der Waals surface area contributed by atoms with Crippen LogP contribution in [0.4, 0.5) is 22.0 Å². The topological polar surface area (TPSA) is 72.2 Å². The Kier molecular flexibility index (Phi) is 6.14. The van der Waals surface area contributed by atoms with E-state index in [0.717, 1.165) is 36.4 Å². The van der Waals surface area contributed by atoms with Crippen molar-refractivity contribution < 1.29 is 31.5 Å². The molecule has 0 aromatic heterocycles. The summed E-state index contributed by atoms with van der Waals surface area (Å²) in [6.07, 6.45) is -5.56. The van der Waals surface area contributed by atoms with Gasteiger partial charge in [0.25, 0.3) is 0 Å². The summed E-state index contributed by atoms with van der Waals surface area (Å²) < 4.78 is 65.5. The lowest BCUT2D eigenvalue weighted by atomic mass is 10.0. The summed E-state index contributed by atoms with van der Waals surface area (Å²) in [5.74, 6) is -3.75. The molecule has 0 fully saturated rings. The quantitative estimate of drug-likeness (QED) is 0.750. The van der Waals surface area contributed by atoms with Gasteiger partial charge in [-0.15, -0.1) is 0 Å². The maximum Gasteiger partial charge on any atom is 0.416 e. The number of primary amides is 1. The Morgan fingerprint density at radius 2 is 1.63 bits per heavy atom. The average molecular weight is 386 g/mol. The molecule has 4 nitrogen and oxygen atoms in total. The first kappa shape index (κ1) is 20.3. The van der Waals surface area contributed by atoms with E-state index in [4.69, 9.17) is 5.73 Å². The fraction of sp³-hybridized carbons (Fsp3) is 0.222. The van der Waals surface area contributed by atoms with Crippen molar-refractivity contribution in [1.82, 2.24) is 5.32 Å². The number of amides is 2. The van der Waals surface area contributed by atoms with Gasteiger partial charge in [0.2, 0.25) is 11.8 Å². The second-order valence-corrected chi connectivity index (χ2v) is 5.80. The van der Waals surface area contributed by atoms with Crippen LogP contribution < -0.4 is 11.1 Å². The molecule has 0 radical (unpaired) electrons. The monoisotopic (exact) mass is 386 g/mol. The minimum atomic E-state index is -4.57. The fourth-order valence-electron chi connectivity index (χ4n) is 2.44. The molecule has 9 heteroatoms. The summed E-state index contributed by atoms with van der Waals surface area (Å²) in [7, 11) is 0. The van der Waals surface area contributed by atoms with E-state index in [1.165, 1.54) is 6.07 Å². The lowest BCUT2D eigenvalue weighted by Crippen LogP contribution is -2.46. The SMILES string of the molecule is NC(=O)[C@@H](Cc1cccc(C(F)(F)F)c1)NC(=O)Cc1c(F)cccc1F. The molecule has 144 valence electrons. The molecule has 0 aliphatic heterocycles. The van der Waals surface area contributed by atoms with Crippen molar-refractivity contribution in [2.24, 2.45) is 5.73 Å². The maximum atomic E-state index is 13.6. The Bertz CT molecular complexity index is 832. The Labute approximate surface area is 151 Å². The molecule has 0 saturated carbocycles. The largest absolute Gasteiger partial charge is 0.416 e. The van der Waals surface area contributed by atoms with Gasteiger partial charge in [0, 0.05) is 12.0 Å². The highest BCUT2D eigenvalue weighted by molar-refractivity contribution is 5.87. The van der Waals surface area contributed by atoms with Crippen LogP contribution in [0.3, 0.4) is 0 Å². The predicted molar refractivity (Wildman–Crippen MR) is 86.3 cm³/mol. The third-order valence-corrected chi connectivity index (χ3v) is 3.77. The molecule has 2 rings (SSSR count). The molecule has 1 atom stereocenters. The average Bonchev–Trinajstić information content (AvgIpc) is 2.57. The molecule has 0 bridgehead atoms. The van der Waals surface area contributed by atoms with Crippen molar-refractivity contribution in [3.63, 3.8) is 0 Å². The number of hydrogen-bond donors (Lipinski definition) is 2. The van der Waals surface area contributed by atoms with Crippen molar-refractivity contribution in [3.8, 4) is 0 Å². The van der Waals surface area contributed by atoms with Crippen LogP contribution in [-0.2, 0) is 28.6 Å². The van der Waals surface area contributed by atoms with E-state index in [9.17, 15) is 31.5 Å².